The Hall–Kier alpha value is -4.45. The van der Waals surface area contributed by atoms with Gasteiger partial charge in [0, 0.05) is 19.3 Å². The minimum atomic E-state index is -0.819. The number of unbranched alkanes of at least 4 members (excludes halogenated alkanes) is 18. The van der Waals surface area contributed by atoms with E-state index in [0.717, 1.165) is 122 Å². The standard InChI is InChI=1S/C62H98O6/c1-4-7-10-13-16-19-22-25-28-30-31-32-35-37-40-43-46-49-52-55-61(64)67-58-59(57-66-60(63)54-51-48-45-42-39-36-33-27-24-21-18-15-12-9-6-3)68-62(65)56-53-50-47-44-41-38-34-29-26-23-20-17-14-11-8-5-2/h7,9-10,12,15-16,18-19,21,24-25,27-29,31-34,36-37,39-40,59H,4-6,8,11,13-14,17,20,22-23,26,30,35,38,41-58H2,1-3H3/b10-7-,12-9-,18-15-,19-16-,24-21-,28-25-,32-31-,33-27-,34-29-,39-36-,40-37-. The van der Waals surface area contributed by atoms with E-state index in [1.165, 1.54) is 57.8 Å². The summed E-state index contributed by atoms with van der Waals surface area (Å²) >= 11 is 0. The number of esters is 3. The van der Waals surface area contributed by atoms with Crippen LogP contribution in [0.3, 0.4) is 0 Å². The van der Waals surface area contributed by atoms with Crippen LogP contribution in [-0.2, 0) is 28.6 Å². The Labute approximate surface area is 417 Å². The van der Waals surface area contributed by atoms with Crippen LogP contribution < -0.4 is 0 Å². The van der Waals surface area contributed by atoms with Crippen LogP contribution in [-0.4, -0.2) is 37.2 Å². The molecule has 6 nitrogen and oxygen atoms in total. The molecule has 0 spiro atoms. The van der Waals surface area contributed by atoms with Gasteiger partial charge in [-0.2, -0.15) is 0 Å². The monoisotopic (exact) mass is 939 g/mol. The van der Waals surface area contributed by atoms with Gasteiger partial charge in [0.25, 0.3) is 0 Å². The number of hydrogen-bond donors (Lipinski definition) is 0. The lowest BCUT2D eigenvalue weighted by Gasteiger charge is -2.18. The van der Waals surface area contributed by atoms with E-state index in [9.17, 15) is 14.4 Å². The fourth-order valence-corrected chi connectivity index (χ4v) is 6.95. The molecule has 0 aromatic carbocycles. The number of allylic oxidation sites excluding steroid dienone is 22. The number of ether oxygens (including phenoxy) is 3. The first-order valence-electron chi connectivity index (χ1n) is 27.3. The summed E-state index contributed by atoms with van der Waals surface area (Å²) in [6.45, 7) is 6.29. The van der Waals surface area contributed by atoms with Crippen molar-refractivity contribution in [3.8, 4) is 0 Å². The zero-order chi connectivity index (χ0) is 49.3. The SMILES string of the molecule is CC\C=C/C=C\C=C/C=C\C=C/CCCCCC(=O)OCC(COC(=O)CCCCC/C=C\C/C=C\C/C=C\C/C=C\C/C=C\CC)OC(=O)CCCCCCC/C=C\CCCCCCCCC. The van der Waals surface area contributed by atoms with Crippen molar-refractivity contribution in [1.29, 1.82) is 0 Å². The van der Waals surface area contributed by atoms with Crippen molar-refractivity contribution in [2.24, 2.45) is 0 Å². The zero-order valence-corrected chi connectivity index (χ0v) is 43.6. The summed E-state index contributed by atoms with van der Waals surface area (Å²) in [4.78, 5) is 38.1. The molecule has 0 N–H and O–H groups in total. The molecule has 0 heterocycles. The summed E-state index contributed by atoms with van der Waals surface area (Å²) in [5.41, 5.74) is 0. The molecular formula is C62H98O6. The Bertz CT molecular complexity index is 1500. The zero-order valence-electron chi connectivity index (χ0n) is 43.6. The van der Waals surface area contributed by atoms with Gasteiger partial charge in [-0.05, 0) is 109 Å². The minimum Gasteiger partial charge on any atom is -0.462 e. The predicted octanol–water partition coefficient (Wildman–Crippen LogP) is 18.3. The van der Waals surface area contributed by atoms with Crippen molar-refractivity contribution < 1.29 is 28.6 Å². The highest BCUT2D eigenvalue weighted by Gasteiger charge is 2.19. The summed E-state index contributed by atoms with van der Waals surface area (Å²) in [5.74, 6) is -1.00. The van der Waals surface area contributed by atoms with E-state index >= 15 is 0 Å². The smallest absolute Gasteiger partial charge is 0.306 e. The fourth-order valence-electron chi connectivity index (χ4n) is 6.95. The predicted molar refractivity (Wildman–Crippen MR) is 292 cm³/mol. The van der Waals surface area contributed by atoms with E-state index in [1.807, 2.05) is 48.6 Å². The molecule has 68 heavy (non-hydrogen) atoms. The van der Waals surface area contributed by atoms with E-state index in [0.29, 0.717) is 19.3 Å². The second kappa shape index (κ2) is 55.1. The average Bonchev–Trinajstić information content (AvgIpc) is 3.34. The molecule has 0 aromatic heterocycles. The fraction of sp³-hybridized carbons (Fsp3) is 0.597. The van der Waals surface area contributed by atoms with Crippen LogP contribution >= 0.6 is 0 Å². The molecule has 0 aliphatic carbocycles. The highest BCUT2D eigenvalue weighted by Crippen LogP contribution is 2.13. The van der Waals surface area contributed by atoms with Gasteiger partial charge in [-0.3, -0.25) is 14.4 Å². The van der Waals surface area contributed by atoms with Crippen molar-refractivity contribution in [3.63, 3.8) is 0 Å². The van der Waals surface area contributed by atoms with Gasteiger partial charge in [-0.1, -0.05) is 225 Å². The maximum absolute atomic E-state index is 12.8. The normalized spacial score (nSPS) is 13.2. The molecule has 0 saturated heterocycles. The van der Waals surface area contributed by atoms with Crippen molar-refractivity contribution in [2.75, 3.05) is 13.2 Å². The quantitative estimate of drug-likeness (QED) is 0.0199. The third kappa shape index (κ3) is 52.5. The van der Waals surface area contributed by atoms with Gasteiger partial charge >= 0.3 is 17.9 Å². The molecule has 0 aliphatic heterocycles. The largest absolute Gasteiger partial charge is 0.462 e. The van der Waals surface area contributed by atoms with Gasteiger partial charge in [0.1, 0.15) is 13.2 Å². The Morgan fingerprint density at radius 1 is 0.324 bits per heavy atom. The third-order valence-electron chi connectivity index (χ3n) is 11.0. The summed E-state index contributed by atoms with van der Waals surface area (Å²) in [6.07, 6.45) is 77.2. The number of rotatable bonds is 47. The molecule has 6 heteroatoms. The lowest BCUT2D eigenvalue weighted by Crippen LogP contribution is -2.30. The Kier molecular flexibility index (Phi) is 51.5. The average molecular weight is 939 g/mol. The summed E-state index contributed by atoms with van der Waals surface area (Å²) in [7, 11) is 0. The molecular weight excluding hydrogens is 841 g/mol. The number of hydrogen-bond acceptors (Lipinski definition) is 6. The van der Waals surface area contributed by atoms with Crippen LogP contribution in [0, 0.1) is 0 Å². The van der Waals surface area contributed by atoms with Gasteiger partial charge in [-0.15, -0.1) is 0 Å². The molecule has 382 valence electrons. The second-order valence-corrected chi connectivity index (χ2v) is 17.5. The molecule has 0 bridgehead atoms. The van der Waals surface area contributed by atoms with Gasteiger partial charge in [0.15, 0.2) is 6.10 Å². The first kappa shape index (κ1) is 63.6. The molecule has 0 aromatic rings. The first-order chi connectivity index (χ1) is 33.5. The maximum Gasteiger partial charge on any atom is 0.306 e. The second-order valence-electron chi connectivity index (χ2n) is 17.5. The summed E-state index contributed by atoms with van der Waals surface area (Å²) in [6, 6.07) is 0. The molecule has 1 unspecified atom stereocenters. The first-order valence-corrected chi connectivity index (χ1v) is 27.3. The van der Waals surface area contributed by atoms with Gasteiger partial charge in [-0.25, -0.2) is 0 Å². The molecule has 0 saturated carbocycles. The molecule has 0 aliphatic rings. The van der Waals surface area contributed by atoms with Crippen molar-refractivity contribution in [3.05, 3.63) is 134 Å². The molecule has 0 rings (SSSR count). The van der Waals surface area contributed by atoms with E-state index in [1.54, 1.807) is 0 Å². The summed E-state index contributed by atoms with van der Waals surface area (Å²) < 4.78 is 16.8. The Morgan fingerprint density at radius 3 is 1.10 bits per heavy atom. The molecule has 0 radical (unpaired) electrons. The molecule has 1 atom stereocenters. The lowest BCUT2D eigenvalue weighted by molar-refractivity contribution is -0.167. The molecule has 0 fully saturated rings. The van der Waals surface area contributed by atoms with Crippen molar-refractivity contribution in [2.45, 2.75) is 226 Å². The third-order valence-corrected chi connectivity index (χ3v) is 11.0. The number of carbonyl (C=O) groups is 3. The van der Waals surface area contributed by atoms with Crippen LogP contribution in [0.2, 0.25) is 0 Å². The topological polar surface area (TPSA) is 78.9 Å². The van der Waals surface area contributed by atoms with Gasteiger partial charge in [0.2, 0.25) is 0 Å². The lowest BCUT2D eigenvalue weighted by atomic mass is 10.1. The Balaban J connectivity index is 4.55. The number of carbonyl (C=O) groups excluding carboxylic acids is 3. The summed E-state index contributed by atoms with van der Waals surface area (Å²) in [5, 5.41) is 0. The maximum atomic E-state index is 12.8. The van der Waals surface area contributed by atoms with Gasteiger partial charge < -0.3 is 14.2 Å². The van der Waals surface area contributed by atoms with Crippen LogP contribution in [0.25, 0.3) is 0 Å². The van der Waals surface area contributed by atoms with Crippen LogP contribution in [0.15, 0.2) is 134 Å². The van der Waals surface area contributed by atoms with Crippen LogP contribution in [0.4, 0.5) is 0 Å². The van der Waals surface area contributed by atoms with Crippen molar-refractivity contribution in [1.82, 2.24) is 0 Å². The van der Waals surface area contributed by atoms with Crippen LogP contribution in [0.1, 0.15) is 220 Å². The Morgan fingerprint density at radius 2 is 0.647 bits per heavy atom. The highest BCUT2D eigenvalue weighted by molar-refractivity contribution is 5.71. The van der Waals surface area contributed by atoms with E-state index < -0.39 is 6.10 Å². The molecule has 0 amide bonds. The van der Waals surface area contributed by atoms with Crippen molar-refractivity contribution >= 4 is 17.9 Å². The highest BCUT2D eigenvalue weighted by atomic mass is 16.6. The van der Waals surface area contributed by atoms with E-state index in [4.69, 9.17) is 14.2 Å². The van der Waals surface area contributed by atoms with Gasteiger partial charge in [0.05, 0.1) is 0 Å². The minimum absolute atomic E-state index is 0.117. The van der Waals surface area contributed by atoms with E-state index in [-0.39, 0.29) is 31.1 Å². The van der Waals surface area contributed by atoms with Crippen LogP contribution in [0.5, 0.6) is 0 Å². The van der Waals surface area contributed by atoms with E-state index in [2.05, 4.69) is 106 Å².